The minimum atomic E-state index is -1.26. The molecule has 3 aromatic rings. The van der Waals surface area contributed by atoms with E-state index in [2.05, 4.69) is 4.98 Å². The number of hydrogen-bond acceptors (Lipinski definition) is 6. The van der Waals surface area contributed by atoms with Gasteiger partial charge in [-0.25, -0.2) is 19.0 Å². The molecule has 2 N–H and O–H groups in total. The number of carboxylic acid groups (broad SMARTS) is 2. The highest BCUT2D eigenvalue weighted by Gasteiger charge is 2.24. The number of aromatic nitrogens is 2. The molecule has 0 aliphatic carbocycles. The highest BCUT2D eigenvalue weighted by molar-refractivity contribution is 5.89. The van der Waals surface area contributed by atoms with Gasteiger partial charge in [0.25, 0.3) is 0 Å². The molecular formula is C27H29FN2O7. The number of ether oxygens (including phenoxy) is 3. The van der Waals surface area contributed by atoms with Crippen LogP contribution in [-0.4, -0.2) is 51.5 Å². The number of aryl methyl sites for hydroxylation is 1. The van der Waals surface area contributed by atoms with Crippen LogP contribution in [-0.2, 0) is 25.7 Å². The lowest BCUT2D eigenvalue weighted by Crippen LogP contribution is -2.25. The number of hydrogen-bond donors (Lipinski definition) is 2. The van der Waals surface area contributed by atoms with E-state index in [1.807, 2.05) is 48.0 Å². The number of methoxy groups -OCH3 is 1. The van der Waals surface area contributed by atoms with Gasteiger partial charge in [0.15, 0.2) is 0 Å². The molecule has 10 heteroatoms. The summed E-state index contributed by atoms with van der Waals surface area (Å²) in [6.07, 6.45) is 6.36. The summed E-state index contributed by atoms with van der Waals surface area (Å²) in [4.78, 5) is 23.3. The maximum absolute atomic E-state index is 14.2. The number of imidazole rings is 1. The first-order valence-corrected chi connectivity index (χ1v) is 11.6. The average molecular weight is 513 g/mol. The lowest BCUT2D eigenvalue weighted by molar-refractivity contribution is -0.134. The SMILES string of the molecule is COC1CCOC(c2cc(F)cc(OCc3ccc(-n4ccnc4C)cc3)c2)C1.O=C(O)/C=C/C(=O)O. The van der Waals surface area contributed by atoms with Gasteiger partial charge >= 0.3 is 11.9 Å². The molecule has 1 aromatic heterocycles. The lowest BCUT2D eigenvalue weighted by atomic mass is 9.99. The quantitative estimate of drug-likeness (QED) is 0.424. The van der Waals surface area contributed by atoms with Crippen molar-refractivity contribution in [1.82, 2.24) is 9.55 Å². The Morgan fingerprint density at radius 1 is 1.16 bits per heavy atom. The molecule has 1 aliphatic rings. The Hall–Kier alpha value is -4.02. The predicted molar refractivity (Wildman–Crippen MR) is 132 cm³/mol. The Bertz CT molecular complexity index is 1210. The Morgan fingerprint density at radius 2 is 1.86 bits per heavy atom. The lowest BCUT2D eigenvalue weighted by Gasteiger charge is -2.29. The van der Waals surface area contributed by atoms with E-state index in [1.165, 1.54) is 12.1 Å². The average Bonchev–Trinajstić information content (AvgIpc) is 3.32. The second-order valence-electron chi connectivity index (χ2n) is 8.27. The highest BCUT2D eigenvalue weighted by atomic mass is 19.1. The molecule has 1 saturated heterocycles. The first-order chi connectivity index (χ1) is 17.7. The number of carboxylic acids is 2. The van der Waals surface area contributed by atoms with Crippen molar-refractivity contribution in [1.29, 1.82) is 0 Å². The van der Waals surface area contributed by atoms with Crippen LogP contribution in [0.2, 0.25) is 0 Å². The minimum absolute atomic E-state index is 0.138. The third kappa shape index (κ3) is 8.55. The molecule has 0 saturated carbocycles. The Morgan fingerprint density at radius 3 is 2.46 bits per heavy atom. The summed E-state index contributed by atoms with van der Waals surface area (Å²) in [7, 11) is 1.70. The molecule has 2 atom stereocenters. The minimum Gasteiger partial charge on any atom is -0.489 e. The van der Waals surface area contributed by atoms with E-state index in [4.69, 9.17) is 24.4 Å². The van der Waals surface area contributed by atoms with Crippen LogP contribution in [0, 0.1) is 12.7 Å². The molecule has 0 bridgehead atoms. The largest absolute Gasteiger partial charge is 0.489 e. The van der Waals surface area contributed by atoms with Gasteiger partial charge in [-0.1, -0.05) is 12.1 Å². The van der Waals surface area contributed by atoms with Crippen molar-refractivity contribution in [3.63, 3.8) is 0 Å². The first kappa shape index (κ1) is 27.6. The van der Waals surface area contributed by atoms with Crippen LogP contribution < -0.4 is 4.74 Å². The van der Waals surface area contributed by atoms with Crippen LogP contribution in [0.1, 0.15) is 35.9 Å². The van der Waals surface area contributed by atoms with Crippen LogP contribution in [0.4, 0.5) is 4.39 Å². The predicted octanol–water partition coefficient (Wildman–Crippen LogP) is 4.48. The summed E-state index contributed by atoms with van der Waals surface area (Å²) in [6.45, 7) is 2.93. The monoisotopic (exact) mass is 512 g/mol. The van der Waals surface area contributed by atoms with Gasteiger partial charge in [0, 0.05) is 56.4 Å². The molecule has 0 amide bonds. The molecule has 9 nitrogen and oxygen atoms in total. The van der Waals surface area contributed by atoms with E-state index in [-0.39, 0.29) is 18.0 Å². The van der Waals surface area contributed by atoms with Crippen LogP contribution in [0.5, 0.6) is 5.75 Å². The van der Waals surface area contributed by atoms with Gasteiger partial charge in [-0.2, -0.15) is 0 Å². The molecule has 0 spiro atoms. The maximum Gasteiger partial charge on any atom is 0.328 e. The van der Waals surface area contributed by atoms with Crippen LogP contribution in [0.3, 0.4) is 0 Å². The van der Waals surface area contributed by atoms with Gasteiger partial charge in [-0.15, -0.1) is 0 Å². The molecular weight excluding hydrogens is 483 g/mol. The third-order valence-electron chi connectivity index (χ3n) is 5.65. The summed E-state index contributed by atoms with van der Waals surface area (Å²) in [6, 6.07) is 12.8. The zero-order chi connectivity index (χ0) is 26.8. The summed E-state index contributed by atoms with van der Waals surface area (Å²) in [5, 5.41) is 15.6. The molecule has 37 heavy (non-hydrogen) atoms. The van der Waals surface area contributed by atoms with E-state index in [0.717, 1.165) is 29.1 Å². The second kappa shape index (κ2) is 13.3. The van der Waals surface area contributed by atoms with Gasteiger partial charge in [0.2, 0.25) is 0 Å². The standard InChI is InChI=1S/C23H25FN2O3.C4H4O4/c1-16-25-8-9-26(16)20-5-3-17(4-6-20)15-29-22-12-18(11-19(24)13-22)23-14-21(27-2)7-10-28-23;5-3(6)1-2-4(7)8/h3-6,8-9,11-13,21,23H,7,10,14-15H2,1-2H3;1-2H,(H,5,6)(H,7,8)/b;2-1+. The fourth-order valence-electron chi connectivity index (χ4n) is 3.78. The molecule has 2 aromatic carbocycles. The Labute approximate surface area is 213 Å². The van der Waals surface area contributed by atoms with Crippen molar-refractivity contribution < 1.29 is 38.4 Å². The number of rotatable bonds is 8. The molecule has 4 rings (SSSR count). The normalized spacial score (nSPS) is 17.2. The van der Waals surface area contributed by atoms with Crippen LogP contribution in [0.15, 0.2) is 67.0 Å². The maximum atomic E-state index is 14.2. The summed E-state index contributed by atoms with van der Waals surface area (Å²) in [5.41, 5.74) is 2.83. The number of carbonyl (C=O) groups is 2. The number of halogens is 1. The van der Waals surface area contributed by atoms with Crippen LogP contribution in [0.25, 0.3) is 5.69 Å². The highest BCUT2D eigenvalue weighted by Crippen LogP contribution is 2.32. The van der Waals surface area contributed by atoms with Crippen molar-refractivity contribution >= 4 is 11.9 Å². The van der Waals surface area contributed by atoms with Gasteiger partial charge in [-0.05, 0) is 48.7 Å². The van der Waals surface area contributed by atoms with Crippen molar-refractivity contribution in [2.75, 3.05) is 13.7 Å². The van der Waals surface area contributed by atoms with Crippen molar-refractivity contribution in [3.05, 3.63) is 89.8 Å². The van der Waals surface area contributed by atoms with Gasteiger partial charge < -0.3 is 29.0 Å². The zero-order valence-corrected chi connectivity index (χ0v) is 20.5. The summed E-state index contributed by atoms with van der Waals surface area (Å²) in [5.74, 6) is -1.41. The fraction of sp³-hybridized carbons (Fsp3) is 0.296. The molecule has 0 radical (unpaired) electrons. The number of nitrogens with zero attached hydrogens (tertiary/aromatic N) is 2. The van der Waals surface area contributed by atoms with Crippen LogP contribution >= 0.6 is 0 Å². The van der Waals surface area contributed by atoms with E-state index < -0.39 is 11.9 Å². The Balaban J connectivity index is 0.000000414. The van der Waals surface area contributed by atoms with Gasteiger partial charge in [-0.3, -0.25) is 0 Å². The fourth-order valence-corrected chi connectivity index (χ4v) is 3.78. The number of aliphatic carboxylic acids is 2. The van der Waals surface area contributed by atoms with E-state index >= 15 is 0 Å². The molecule has 196 valence electrons. The molecule has 2 heterocycles. The topological polar surface area (TPSA) is 120 Å². The zero-order valence-electron chi connectivity index (χ0n) is 20.5. The Kier molecular flexibility index (Phi) is 9.93. The second-order valence-corrected chi connectivity index (χ2v) is 8.27. The van der Waals surface area contributed by atoms with Crippen molar-refractivity contribution in [3.8, 4) is 11.4 Å². The van der Waals surface area contributed by atoms with Crippen molar-refractivity contribution in [2.45, 2.75) is 38.6 Å². The third-order valence-corrected chi connectivity index (χ3v) is 5.65. The molecule has 1 fully saturated rings. The smallest absolute Gasteiger partial charge is 0.328 e. The summed E-state index contributed by atoms with van der Waals surface area (Å²) < 4.78 is 33.3. The molecule has 2 unspecified atom stereocenters. The van der Waals surface area contributed by atoms with Crippen molar-refractivity contribution in [2.24, 2.45) is 0 Å². The van der Waals surface area contributed by atoms with E-state index in [1.54, 1.807) is 13.3 Å². The first-order valence-electron chi connectivity index (χ1n) is 11.6. The molecule has 1 aliphatic heterocycles. The van der Waals surface area contributed by atoms with E-state index in [0.29, 0.717) is 37.5 Å². The van der Waals surface area contributed by atoms with E-state index in [9.17, 15) is 14.0 Å². The number of benzene rings is 2. The van der Waals surface area contributed by atoms with Gasteiger partial charge in [0.1, 0.15) is 24.0 Å². The van der Waals surface area contributed by atoms with Gasteiger partial charge in [0.05, 0.1) is 12.2 Å². The summed E-state index contributed by atoms with van der Waals surface area (Å²) >= 11 is 0.